The van der Waals surface area contributed by atoms with Crippen LogP contribution in [0, 0.1) is 0 Å². The molecule has 0 radical (unpaired) electrons. The van der Waals surface area contributed by atoms with Crippen LogP contribution in [0.15, 0.2) is 66.9 Å². The third-order valence-corrected chi connectivity index (χ3v) is 3.66. The highest BCUT2D eigenvalue weighted by atomic mass is 19.4. The number of anilines is 2. The number of benzene rings is 2. The molecule has 160 valence electrons. The molecule has 11 heteroatoms. The normalized spacial score (nSPS) is 10.8. The van der Waals surface area contributed by atoms with Crippen LogP contribution in [0.4, 0.5) is 29.3 Å². The summed E-state index contributed by atoms with van der Waals surface area (Å²) >= 11 is 0. The Labute approximate surface area is 173 Å². The van der Waals surface area contributed by atoms with Crippen LogP contribution >= 0.6 is 0 Å². The standard InChI is InChI=1S/C20H14F3N3O5/c21-20(22,23)31-14-8-6-13(7-9-14)25-19(29)26-16-5-2-10-24-17(16)30-15-4-1-3-12(11-15)18(27)28/h1-11H,(H,27,28)(H2,25,26,29). The highest BCUT2D eigenvalue weighted by Crippen LogP contribution is 2.28. The van der Waals surface area contributed by atoms with Crippen molar-refractivity contribution >= 4 is 23.4 Å². The molecule has 0 saturated carbocycles. The van der Waals surface area contributed by atoms with E-state index < -0.39 is 24.1 Å². The number of nitrogens with one attached hydrogen (secondary N) is 2. The summed E-state index contributed by atoms with van der Waals surface area (Å²) in [5.41, 5.74) is 0.406. The molecule has 3 rings (SSSR count). The second kappa shape index (κ2) is 9.03. The SMILES string of the molecule is O=C(Nc1ccc(OC(F)(F)F)cc1)Nc1cccnc1Oc1cccc(C(=O)O)c1. The summed E-state index contributed by atoms with van der Waals surface area (Å²) in [7, 11) is 0. The van der Waals surface area contributed by atoms with Gasteiger partial charge in [-0.15, -0.1) is 13.2 Å². The molecule has 31 heavy (non-hydrogen) atoms. The molecule has 0 bridgehead atoms. The lowest BCUT2D eigenvalue weighted by molar-refractivity contribution is -0.274. The van der Waals surface area contributed by atoms with Gasteiger partial charge in [0.1, 0.15) is 17.2 Å². The van der Waals surface area contributed by atoms with Gasteiger partial charge in [0, 0.05) is 11.9 Å². The number of carbonyl (C=O) groups is 2. The summed E-state index contributed by atoms with van der Waals surface area (Å²) in [6.07, 6.45) is -3.40. The third-order valence-electron chi connectivity index (χ3n) is 3.66. The van der Waals surface area contributed by atoms with Crippen molar-refractivity contribution in [3.05, 3.63) is 72.4 Å². The van der Waals surface area contributed by atoms with Gasteiger partial charge in [-0.05, 0) is 54.6 Å². The van der Waals surface area contributed by atoms with Crippen LogP contribution in [0.5, 0.6) is 17.4 Å². The molecule has 0 aliphatic carbocycles. The van der Waals surface area contributed by atoms with E-state index in [9.17, 15) is 22.8 Å². The fraction of sp³-hybridized carbons (Fsp3) is 0.0500. The first-order chi connectivity index (χ1) is 14.7. The molecular formula is C20H14F3N3O5. The molecule has 0 saturated heterocycles. The fourth-order valence-corrected chi connectivity index (χ4v) is 2.40. The zero-order valence-corrected chi connectivity index (χ0v) is 15.5. The Morgan fingerprint density at radius 1 is 0.935 bits per heavy atom. The number of hydrogen-bond acceptors (Lipinski definition) is 5. The predicted molar refractivity (Wildman–Crippen MR) is 103 cm³/mol. The molecule has 0 unspecified atom stereocenters. The minimum absolute atomic E-state index is 0.00844. The van der Waals surface area contributed by atoms with Gasteiger partial charge in [-0.1, -0.05) is 6.07 Å². The lowest BCUT2D eigenvalue weighted by atomic mass is 10.2. The van der Waals surface area contributed by atoms with Gasteiger partial charge in [-0.25, -0.2) is 14.6 Å². The van der Waals surface area contributed by atoms with E-state index in [1.54, 1.807) is 6.07 Å². The van der Waals surface area contributed by atoms with Crippen LogP contribution < -0.4 is 20.1 Å². The Morgan fingerprint density at radius 2 is 1.68 bits per heavy atom. The summed E-state index contributed by atoms with van der Waals surface area (Å²) in [5, 5.41) is 14.0. The Morgan fingerprint density at radius 3 is 2.35 bits per heavy atom. The monoisotopic (exact) mass is 433 g/mol. The lowest BCUT2D eigenvalue weighted by Gasteiger charge is -2.13. The molecule has 0 aliphatic rings. The molecule has 8 nitrogen and oxygen atoms in total. The second-order valence-electron chi connectivity index (χ2n) is 5.94. The van der Waals surface area contributed by atoms with Gasteiger partial charge in [0.2, 0.25) is 5.88 Å². The largest absolute Gasteiger partial charge is 0.573 e. The van der Waals surface area contributed by atoms with Crippen molar-refractivity contribution in [1.82, 2.24) is 4.98 Å². The van der Waals surface area contributed by atoms with Crippen LogP contribution in [0.2, 0.25) is 0 Å². The number of halogens is 3. The average molecular weight is 433 g/mol. The first-order valence-electron chi connectivity index (χ1n) is 8.60. The molecule has 1 heterocycles. The average Bonchev–Trinajstić information content (AvgIpc) is 2.70. The van der Waals surface area contributed by atoms with Gasteiger partial charge in [-0.2, -0.15) is 0 Å². The second-order valence-corrected chi connectivity index (χ2v) is 5.94. The van der Waals surface area contributed by atoms with E-state index in [-0.39, 0.29) is 28.6 Å². The molecule has 1 aromatic heterocycles. The number of aromatic nitrogens is 1. The van der Waals surface area contributed by atoms with Gasteiger partial charge in [0.15, 0.2) is 0 Å². The zero-order chi connectivity index (χ0) is 22.4. The summed E-state index contributed by atoms with van der Waals surface area (Å²) in [5.74, 6) is -1.35. The first-order valence-corrected chi connectivity index (χ1v) is 8.60. The number of carboxylic acids is 1. The molecule has 3 N–H and O–H groups in total. The number of ether oxygens (including phenoxy) is 2. The maximum absolute atomic E-state index is 12.2. The van der Waals surface area contributed by atoms with E-state index in [0.29, 0.717) is 0 Å². The van der Waals surface area contributed by atoms with Crippen LogP contribution in [0.1, 0.15) is 10.4 Å². The number of carbonyl (C=O) groups excluding carboxylic acids is 1. The Balaban J connectivity index is 1.67. The molecule has 3 aromatic rings. The van der Waals surface area contributed by atoms with E-state index in [4.69, 9.17) is 9.84 Å². The van der Waals surface area contributed by atoms with Crippen LogP contribution in [0.25, 0.3) is 0 Å². The van der Waals surface area contributed by atoms with Crippen molar-refractivity contribution < 1.29 is 37.3 Å². The number of amides is 2. The number of nitrogens with zero attached hydrogens (tertiary/aromatic N) is 1. The molecule has 0 spiro atoms. The van der Waals surface area contributed by atoms with E-state index in [1.165, 1.54) is 48.7 Å². The van der Waals surface area contributed by atoms with Crippen LogP contribution in [-0.4, -0.2) is 28.5 Å². The van der Waals surface area contributed by atoms with Crippen LogP contribution in [-0.2, 0) is 0 Å². The fourth-order valence-electron chi connectivity index (χ4n) is 2.40. The first kappa shape index (κ1) is 21.4. The Kier molecular flexibility index (Phi) is 6.24. The van der Waals surface area contributed by atoms with Crippen LogP contribution in [0.3, 0.4) is 0 Å². The van der Waals surface area contributed by atoms with Crippen molar-refractivity contribution in [2.75, 3.05) is 10.6 Å². The number of carboxylic acid groups (broad SMARTS) is 1. The Hall–Kier alpha value is -4.28. The quantitative estimate of drug-likeness (QED) is 0.498. The number of hydrogen-bond donors (Lipinski definition) is 3. The predicted octanol–water partition coefficient (Wildman–Crippen LogP) is 5.11. The van der Waals surface area contributed by atoms with E-state index in [0.717, 1.165) is 12.1 Å². The summed E-state index contributed by atoms with van der Waals surface area (Å²) in [6, 6.07) is 12.6. The highest BCUT2D eigenvalue weighted by Gasteiger charge is 2.31. The van der Waals surface area contributed by atoms with E-state index in [2.05, 4.69) is 20.4 Å². The van der Waals surface area contributed by atoms with Crippen molar-refractivity contribution in [3.8, 4) is 17.4 Å². The molecule has 0 aliphatic heterocycles. The van der Waals surface area contributed by atoms with Crippen molar-refractivity contribution in [1.29, 1.82) is 0 Å². The van der Waals surface area contributed by atoms with Crippen molar-refractivity contribution in [3.63, 3.8) is 0 Å². The summed E-state index contributed by atoms with van der Waals surface area (Å²) in [4.78, 5) is 27.3. The third kappa shape index (κ3) is 6.35. The Bertz CT molecular complexity index is 1090. The topological polar surface area (TPSA) is 110 Å². The molecule has 0 atom stereocenters. The molecule has 0 fully saturated rings. The van der Waals surface area contributed by atoms with Crippen molar-refractivity contribution in [2.24, 2.45) is 0 Å². The summed E-state index contributed by atoms with van der Waals surface area (Å²) in [6.45, 7) is 0. The van der Waals surface area contributed by atoms with Gasteiger partial charge in [0.05, 0.1) is 5.56 Å². The van der Waals surface area contributed by atoms with Gasteiger partial charge >= 0.3 is 18.4 Å². The zero-order valence-electron chi connectivity index (χ0n) is 15.5. The molecule has 2 amide bonds. The maximum atomic E-state index is 12.2. The summed E-state index contributed by atoms with van der Waals surface area (Å²) < 4.78 is 45.9. The van der Waals surface area contributed by atoms with Gasteiger partial charge in [0.25, 0.3) is 0 Å². The minimum Gasteiger partial charge on any atom is -0.478 e. The highest BCUT2D eigenvalue weighted by molar-refractivity contribution is 6.00. The number of rotatable bonds is 6. The minimum atomic E-state index is -4.81. The number of aromatic carboxylic acids is 1. The maximum Gasteiger partial charge on any atom is 0.573 e. The van der Waals surface area contributed by atoms with E-state index in [1.807, 2.05) is 0 Å². The number of pyridine rings is 1. The number of alkyl halides is 3. The van der Waals surface area contributed by atoms with Crippen molar-refractivity contribution in [2.45, 2.75) is 6.36 Å². The molecular weight excluding hydrogens is 419 g/mol. The number of urea groups is 1. The van der Waals surface area contributed by atoms with Gasteiger partial charge < -0.3 is 25.2 Å². The lowest BCUT2D eigenvalue weighted by Crippen LogP contribution is -2.20. The molecule has 2 aromatic carbocycles. The van der Waals surface area contributed by atoms with Gasteiger partial charge in [-0.3, -0.25) is 0 Å². The smallest absolute Gasteiger partial charge is 0.478 e. The van der Waals surface area contributed by atoms with E-state index >= 15 is 0 Å².